The van der Waals surface area contributed by atoms with Crippen LogP contribution in [0.3, 0.4) is 0 Å². The van der Waals surface area contributed by atoms with E-state index in [4.69, 9.17) is 0 Å². The van der Waals surface area contributed by atoms with Gasteiger partial charge in [-0.3, -0.25) is 9.59 Å². The third kappa shape index (κ3) is 6.92. The molecule has 0 bridgehead atoms. The van der Waals surface area contributed by atoms with Gasteiger partial charge in [-0.1, -0.05) is 37.5 Å². The lowest BCUT2D eigenvalue weighted by Gasteiger charge is -2.40. The van der Waals surface area contributed by atoms with Crippen molar-refractivity contribution in [1.29, 1.82) is 0 Å². The highest BCUT2D eigenvalue weighted by molar-refractivity contribution is 7.17. The van der Waals surface area contributed by atoms with Gasteiger partial charge < -0.3 is 15.7 Å². The number of Topliss-reactive ketones (excluding diaryl/α,β-unsaturated/α-hetero) is 1. The maximum absolute atomic E-state index is 13.7. The van der Waals surface area contributed by atoms with Crippen molar-refractivity contribution >= 4 is 23.0 Å². The second kappa shape index (κ2) is 12.3. The summed E-state index contributed by atoms with van der Waals surface area (Å²) < 4.78 is 27.5. The third-order valence-electron chi connectivity index (χ3n) is 7.24. The summed E-state index contributed by atoms with van der Waals surface area (Å²) in [4.78, 5) is 25.4. The number of carbonyl (C=O) groups excluding carboxylic acids is 2. The molecular formula is C30H34F2N2O3S. The van der Waals surface area contributed by atoms with Crippen LogP contribution in [0.25, 0.3) is 10.4 Å². The molecule has 1 amide bonds. The zero-order valence-corrected chi connectivity index (χ0v) is 22.5. The normalized spacial score (nSPS) is 16.6. The van der Waals surface area contributed by atoms with Crippen molar-refractivity contribution < 1.29 is 23.5 Å². The minimum atomic E-state index is -0.984. The van der Waals surface area contributed by atoms with Crippen molar-refractivity contribution in [3.05, 3.63) is 82.2 Å². The van der Waals surface area contributed by atoms with Crippen molar-refractivity contribution in [2.45, 2.75) is 70.1 Å². The molecule has 1 aromatic heterocycles. The van der Waals surface area contributed by atoms with Gasteiger partial charge in [-0.15, -0.1) is 11.3 Å². The van der Waals surface area contributed by atoms with Crippen LogP contribution in [0.15, 0.2) is 54.6 Å². The van der Waals surface area contributed by atoms with Crippen LogP contribution in [0, 0.1) is 11.6 Å². The lowest BCUT2D eigenvalue weighted by atomic mass is 9.76. The van der Waals surface area contributed by atoms with Crippen LogP contribution in [0.1, 0.15) is 66.8 Å². The Hall–Kier alpha value is -2.94. The molecule has 8 heteroatoms. The second-order valence-electron chi connectivity index (χ2n) is 10.2. The molecule has 0 spiro atoms. The molecule has 3 N–H and O–H groups in total. The predicted molar refractivity (Wildman–Crippen MR) is 146 cm³/mol. The number of ketones is 1. The Morgan fingerprint density at radius 3 is 2.34 bits per heavy atom. The Kier molecular flexibility index (Phi) is 9.07. The SMILES string of the molecule is CC(=O)N[C@@H](Cc1cc(F)cc(F)c1)[C@H](O)CNC1(c2cccc(-c3ccc(C(C)=O)s3)c2)CCCCC1. The number of benzene rings is 2. The standard InChI is InChI=1S/C30H34F2N2O3S/c1-19(35)28-9-10-29(38-28)22-7-6-8-23(16-22)30(11-4-3-5-12-30)33-18-27(37)26(34-20(2)36)15-21-13-24(31)17-25(32)14-21/h6-10,13-14,16-17,26-27,33,37H,3-5,11-12,15,18H2,1-2H3,(H,34,36)/t26-,27+/m0/s1. The number of thiophene rings is 1. The summed E-state index contributed by atoms with van der Waals surface area (Å²) in [6, 6.07) is 14.6. The van der Waals surface area contributed by atoms with Crippen LogP contribution >= 0.6 is 11.3 Å². The summed E-state index contributed by atoms with van der Waals surface area (Å²) in [7, 11) is 0. The number of nitrogens with one attached hydrogen (secondary N) is 2. The van der Waals surface area contributed by atoms with E-state index in [-0.39, 0.29) is 30.2 Å². The van der Waals surface area contributed by atoms with E-state index < -0.39 is 23.8 Å². The maximum atomic E-state index is 13.7. The smallest absolute Gasteiger partial charge is 0.217 e. The average molecular weight is 541 g/mol. The Balaban J connectivity index is 1.55. The fraction of sp³-hybridized carbons (Fsp3) is 0.400. The fourth-order valence-corrected chi connectivity index (χ4v) is 6.24. The van der Waals surface area contributed by atoms with Crippen molar-refractivity contribution in [1.82, 2.24) is 10.6 Å². The van der Waals surface area contributed by atoms with Gasteiger partial charge in [0.25, 0.3) is 0 Å². The second-order valence-corrected chi connectivity index (χ2v) is 11.3. The van der Waals surface area contributed by atoms with E-state index in [0.29, 0.717) is 5.56 Å². The first kappa shape index (κ1) is 28.1. The Morgan fingerprint density at radius 1 is 1.00 bits per heavy atom. The van der Waals surface area contributed by atoms with E-state index in [1.807, 2.05) is 24.3 Å². The molecule has 1 fully saturated rings. The number of halogens is 2. The van der Waals surface area contributed by atoms with Gasteiger partial charge in [-0.25, -0.2) is 8.78 Å². The number of amides is 1. The van der Waals surface area contributed by atoms with Crippen molar-refractivity contribution in [3.63, 3.8) is 0 Å². The van der Waals surface area contributed by atoms with Gasteiger partial charge in [-0.2, -0.15) is 0 Å². The number of aliphatic hydroxyl groups is 1. The van der Waals surface area contributed by atoms with E-state index in [2.05, 4.69) is 22.8 Å². The van der Waals surface area contributed by atoms with Crippen LogP contribution in [0.4, 0.5) is 8.78 Å². The predicted octanol–water partition coefficient (Wildman–Crippen LogP) is 5.75. The van der Waals surface area contributed by atoms with E-state index in [0.717, 1.165) is 59.1 Å². The molecule has 0 aliphatic heterocycles. The Labute approximate surface area is 226 Å². The zero-order valence-electron chi connectivity index (χ0n) is 21.7. The number of hydrogen-bond acceptors (Lipinski definition) is 5. The molecule has 1 saturated carbocycles. The van der Waals surface area contributed by atoms with E-state index in [1.165, 1.54) is 30.4 Å². The van der Waals surface area contributed by atoms with E-state index in [1.54, 1.807) is 6.92 Å². The van der Waals surface area contributed by atoms with Gasteiger partial charge >= 0.3 is 0 Å². The quantitative estimate of drug-likeness (QED) is 0.286. The Bertz CT molecular complexity index is 1270. The topological polar surface area (TPSA) is 78.4 Å². The van der Waals surface area contributed by atoms with Crippen LogP contribution in [-0.4, -0.2) is 35.5 Å². The van der Waals surface area contributed by atoms with Crippen molar-refractivity contribution in [2.24, 2.45) is 0 Å². The summed E-state index contributed by atoms with van der Waals surface area (Å²) >= 11 is 1.48. The largest absolute Gasteiger partial charge is 0.390 e. The first-order valence-corrected chi connectivity index (χ1v) is 13.8. The molecule has 2 aromatic carbocycles. The minimum Gasteiger partial charge on any atom is -0.390 e. The fourth-order valence-electron chi connectivity index (χ4n) is 5.34. The monoisotopic (exact) mass is 540 g/mol. The minimum absolute atomic E-state index is 0.0477. The van der Waals surface area contributed by atoms with Crippen molar-refractivity contribution in [2.75, 3.05) is 6.54 Å². The summed E-state index contributed by atoms with van der Waals surface area (Å²) in [5.41, 5.74) is 2.16. The summed E-state index contributed by atoms with van der Waals surface area (Å²) in [6.45, 7) is 3.12. The highest BCUT2D eigenvalue weighted by atomic mass is 32.1. The van der Waals surface area contributed by atoms with Crippen LogP contribution in [0.5, 0.6) is 0 Å². The van der Waals surface area contributed by atoms with Gasteiger partial charge in [0.15, 0.2) is 5.78 Å². The highest BCUT2D eigenvalue weighted by Crippen LogP contribution is 2.39. The molecule has 1 heterocycles. The Morgan fingerprint density at radius 2 is 1.71 bits per heavy atom. The first-order valence-electron chi connectivity index (χ1n) is 13.0. The van der Waals surface area contributed by atoms with Gasteiger partial charge in [0.2, 0.25) is 5.91 Å². The average Bonchev–Trinajstić information content (AvgIpc) is 3.38. The van der Waals surface area contributed by atoms with Gasteiger partial charge in [0, 0.05) is 30.0 Å². The maximum Gasteiger partial charge on any atom is 0.217 e. The number of aliphatic hydroxyl groups excluding tert-OH is 1. The zero-order chi connectivity index (χ0) is 27.3. The molecule has 0 unspecified atom stereocenters. The lowest BCUT2D eigenvalue weighted by molar-refractivity contribution is -0.120. The molecule has 1 aliphatic rings. The number of carbonyl (C=O) groups is 2. The van der Waals surface area contributed by atoms with Gasteiger partial charge in [0.1, 0.15) is 11.6 Å². The summed E-state index contributed by atoms with van der Waals surface area (Å²) in [5.74, 6) is -1.67. The molecule has 0 saturated heterocycles. The molecule has 202 valence electrons. The van der Waals surface area contributed by atoms with E-state index >= 15 is 0 Å². The van der Waals surface area contributed by atoms with E-state index in [9.17, 15) is 23.5 Å². The first-order chi connectivity index (χ1) is 18.1. The highest BCUT2D eigenvalue weighted by Gasteiger charge is 2.35. The summed E-state index contributed by atoms with van der Waals surface area (Å²) in [6.07, 6.45) is 4.12. The molecule has 5 nitrogen and oxygen atoms in total. The van der Waals surface area contributed by atoms with Gasteiger partial charge in [0.05, 0.1) is 17.0 Å². The molecular weight excluding hydrogens is 506 g/mol. The number of rotatable bonds is 10. The molecule has 0 radical (unpaired) electrons. The third-order valence-corrected chi connectivity index (χ3v) is 8.48. The molecule has 4 rings (SSSR count). The molecule has 3 aromatic rings. The van der Waals surface area contributed by atoms with Crippen LogP contribution in [-0.2, 0) is 16.8 Å². The number of hydrogen-bond donors (Lipinski definition) is 3. The van der Waals surface area contributed by atoms with Crippen LogP contribution < -0.4 is 10.6 Å². The van der Waals surface area contributed by atoms with Gasteiger partial charge in [-0.05, 0) is 73.2 Å². The molecule has 2 atom stereocenters. The van der Waals surface area contributed by atoms with Crippen molar-refractivity contribution in [3.8, 4) is 10.4 Å². The van der Waals surface area contributed by atoms with Crippen LogP contribution in [0.2, 0.25) is 0 Å². The molecule has 1 aliphatic carbocycles. The molecule has 38 heavy (non-hydrogen) atoms. The lowest BCUT2D eigenvalue weighted by Crippen LogP contribution is -2.53. The summed E-state index contributed by atoms with van der Waals surface area (Å²) in [5, 5.41) is 17.5.